The van der Waals surface area contributed by atoms with Crippen LogP contribution in [0.2, 0.25) is 0 Å². The Morgan fingerprint density at radius 1 is 0.719 bits per heavy atom. The molecule has 4 aromatic rings. The van der Waals surface area contributed by atoms with Gasteiger partial charge in [-0.2, -0.15) is 9.97 Å². The highest BCUT2D eigenvalue weighted by Gasteiger charge is 2.10. The maximum absolute atomic E-state index is 5.27. The van der Waals surface area contributed by atoms with Crippen LogP contribution < -0.4 is 14.8 Å². The molecule has 3 aromatic carbocycles. The van der Waals surface area contributed by atoms with Gasteiger partial charge in [-0.05, 0) is 47.5 Å². The van der Waals surface area contributed by atoms with Gasteiger partial charge in [0.2, 0.25) is 5.95 Å². The molecule has 6 nitrogen and oxygen atoms in total. The van der Waals surface area contributed by atoms with Crippen LogP contribution in [0.15, 0.2) is 84.0 Å². The topological polar surface area (TPSA) is 69.2 Å². The third-order valence-corrected chi connectivity index (χ3v) is 5.70. The largest absolute Gasteiger partial charge is 0.497 e. The molecule has 1 N–H and O–H groups in total. The van der Waals surface area contributed by atoms with Crippen LogP contribution in [-0.4, -0.2) is 29.2 Å². The van der Waals surface area contributed by atoms with Crippen molar-refractivity contribution in [2.24, 2.45) is 0 Å². The number of methoxy groups -OCH3 is 2. The molecule has 0 saturated carbocycles. The number of rotatable bonds is 9. The molecule has 0 aliphatic rings. The highest BCUT2D eigenvalue weighted by molar-refractivity contribution is 7.98. The maximum Gasteiger partial charge on any atom is 0.227 e. The summed E-state index contributed by atoms with van der Waals surface area (Å²) in [7, 11) is 3.31. The lowest BCUT2D eigenvalue weighted by atomic mass is 10.2. The molecule has 7 heteroatoms. The summed E-state index contributed by atoms with van der Waals surface area (Å²) in [5.41, 5.74) is 3.23. The van der Waals surface area contributed by atoms with E-state index in [2.05, 4.69) is 27.4 Å². The van der Waals surface area contributed by atoms with Crippen LogP contribution in [0.4, 0.5) is 5.95 Å². The fourth-order valence-corrected chi connectivity index (χ4v) is 3.81. The third kappa shape index (κ3) is 5.76. The molecule has 0 saturated heterocycles. The van der Waals surface area contributed by atoms with Crippen molar-refractivity contribution in [3.8, 4) is 22.9 Å². The van der Waals surface area contributed by atoms with Crippen LogP contribution in [-0.2, 0) is 12.3 Å². The minimum Gasteiger partial charge on any atom is -0.497 e. The first-order valence-electron chi connectivity index (χ1n) is 10.2. The maximum atomic E-state index is 5.27. The third-order valence-electron chi connectivity index (χ3n) is 4.78. The zero-order valence-electron chi connectivity index (χ0n) is 18.0. The zero-order chi connectivity index (χ0) is 22.2. The van der Waals surface area contributed by atoms with Crippen molar-refractivity contribution < 1.29 is 9.47 Å². The van der Waals surface area contributed by atoms with Gasteiger partial charge in [-0.3, -0.25) is 0 Å². The van der Waals surface area contributed by atoms with E-state index in [1.807, 2.05) is 66.7 Å². The van der Waals surface area contributed by atoms with E-state index in [4.69, 9.17) is 14.5 Å². The number of nitrogens with zero attached hydrogens (tertiary/aromatic N) is 3. The highest BCUT2D eigenvalue weighted by Crippen LogP contribution is 2.25. The van der Waals surface area contributed by atoms with Crippen LogP contribution in [0.5, 0.6) is 11.5 Å². The van der Waals surface area contributed by atoms with E-state index < -0.39 is 0 Å². The Kier molecular flexibility index (Phi) is 7.19. The molecular weight excluding hydrogens is 420 g/mol. The fourth-order valence-electron chi connectivity index (χ4n) is 3.02. The average molecular weight is 445 g/mol. The summed E-state index contributed by atoms with van der Waals surface area (Å²) < 4.78 is 10.5. The molecule has 1 heterocycles. The summed E-state index contributed by atoms with van der Waals surface area (Å²) in [6.07, 6.45) is 0. The monoisotopic (exact) mass is 444 g/mol. The second-order valence-electron chi connectivity index (χ2n) is 6.97. The molecule has 32 heavy (non-hydrogen) atoms. The Hall–Kier alpha value is -3.58. The zero-order valence-corrected chi connectivity index (χ0v) is 18.8. The van der Waals surface area contributed by atoms with Gasteiger partial charge in [0, 0.05) is 17.9 Å². The predicted molar refractivity (Wildman–Crippen MR) is 128 cm³/mol. The lowest BCUT2D eigenvalue weighted by Crippen LogP contribution is -2.07. The Labute approximate surface area is 192 Å². The van der Waals surface area contributed by atoms with Crippen molar-refractivity contribution in [3.63, 3.8) is 0 Å². The van der Waals surface area contributed by atoms with E-state index in [0.717, 1.165) is 28.4 Å². The van der Waals surface area contributed by atoms with Gasteiger partial charge in [0.15, 0.2) is 11.0 Å². The van der Waals surface area contributed by atoms with Crippen LogP contribution in [0.1, 0.15) is 11.1 Å². The summed E-state index contributed by atoms with van der Waals surface area (Å²) in [6.45, 7) is 0.596. The number of nitrogens with one attached hydrogen (secondary N) is 1. The summed E-state index contributed by atoms with van der Waals surface area (Å²) in [5, 5.41) is 4.00. The molecule has 0 radical (unpaired) electrons. The Morgan fingerprint density at radius 2 is 1.38 bits per heavy atom. The summed E-state index contributed by atoms with van der Waals surface area (Å²) in [4.78, 5) is 14.0. The number of hydrogen-bond acceptors (Lipinski definition) is 7. The molecule has 0 unspecified atom stereocenters. The van der Waals surface area contributed by atoms with Gasteiger partial charge in [-0.15, -0.1) is 0 Å². The summed E-state index contributed by atoms with van der Waals surface area (Å²) in [6, 6.07) is 25.9. The van der Waals surface area contributed by atoms with Gasteiger partial charge in [0.25, 0.3) is 0 Å². The van der Waals surface area contributed by atoms with E-state index in [1.165, 1.54) is 5.56 Å². The molecule has 0 spiro atoms. The molecule has 1 aromatic heterocycles. The predicted octanol–water partition coefficient (Wildman–Crippen LogP) is 5.46. The van der Waals surface area contributed by atoms with E-state index in [9.17, 15) is 0 Å². The van der Waals surface area contributed by atoms with Gasteiger partial charge in [0.1, 0.15) is 11.5 Å². The lowest BCUT2D eigenvalue weighted by molar-refractivity contribution is 0.414. The van der Waals surface area contributed by atoms with Crippen LogP contribution in [0, 0.1) is 0 Å². The first-order chi connectivity index (χ1) is 15.7. The number of ether oxygens (including phenoxy) is 2. The molecule has 0 bridgehead atoms. The minimum atomic E-state index is 0.539. The van der Waals surface area contributed by atoms with E-state index >= 15 is 0 Å². The molecular formula is C25H24N4O2S. The van der Waals surface area contributed by atoms with E-state index in [-0.39, 0.29) is 0 Å². The molecule has 162 valence electrons. The Morgan fingerprint density at radius 3 is 2.03 bits per heavy atom. The van der Waals surface area contributed by atoms with Crippen molar-refractivity contribution in [2.45, 2.75) is 17.5 Å². The molecule has 0 aliphatic heterocycles. The lowest BCUT2D eigenvalue weighted by Gasteiger charge is -2.10. The van der Waals surface area contributed by atoms with E-state index in [1.54, 1.807) is 26.0 Å². The highest BCUT2D eigenvalue weighted by atomic mass is 32.2. The van der Waals surface area contributed by atoms with Crippen LogP contribution >= 0.6 is 11.8 Å². The molecule has 0 aliphatic carbocycles. The molecule has 0 fully saturated rings. The second-order valence-corrected chi connectivity index (χ2v) is 7.91. The molecule has 0 atom stereocenters. The van der Waals surface area contributed by atoms with Crippen molar-refractivity contribution >= 4 is 17.7 Å². The van der Waals surface area contributed by atoms with Crippen molar-refractivity contribution in [1.29, 1.82) is 0 Å². The quantitative estimate of drug-likeness (QED) is 0.344. The SMILES string of the molecule is COc1ccc(CNc2nc(SCc3ccccc3)nc(-c3ccc(OC)cc3)n2)cc1. The standard InChI is InChI=1S/C25H24N4O2S/c1-30-21-12-8-18(9-13-21)16-26-24-27-23(20-10-14-22(31-2)15-11-20)28-25(29-24)32-17-19-6-4-3-5-7-19/h3-15H,16-17H2,1-2H3,(H,26,27,28,29). The molecule has 0 amide bonds. The number of anilines is 1. The average Bonchev–Trinajstić information content (AvgIpc) is 2.87. The summed E-state index contributed by atoms with van der Waals surface area (Å²) in [5.74, 6) is 3.56. The Balaban J connectivity index is 1.56. The summed E-state index contributed by atoms with van der Waals surface area (Å²) >= 11 is 1.59. The first kappa shape index (κ1) is 21.6. The first-order valence-corrected chi connectivity index (χ1v) is 11.2. The van der Waals surface area contributed by atoms with Gasteiger partial charge < -0.3 is 14.8 Å². The van der Waals surface area contributed by atoms with Crippen LogP contribution in [0.3, 0.4) is 0 Å². The van der Waals surface area contributed by atoms with Gasteiger partial charge >= 0.3 is 0 Å². The van der Waals surface area contributed by atoms with Crippen molar-refractivity contribution in [2.75, 3.05) is 19.5 Å². The fraction of sp³-hybridized carbons (Fsp3) is 0.160. The minimum absolute atomic E-state index is 0.539. The van der Waals surface area contributed by atoms with Crippen LogP contribution in [0.25, 0.3) is 11.4 Å². The van der Waals surface area contributed by atoms with Crippen molar-refractivity contribution in [1.82, 2.24) is 15.0 Å². The van der Waals surface area contributed by atoms with E-state index in [0.29, 0.717) is 23.5 Å². The number of thioether (sulfide) groups is 1. The van der Waals surface area contributed by atoms with Gasteiger partial charge in [0.05, 0.1) is 14.2 Å². The number of hydrogen-bond donors (Lipinski definition) is 1. The number of benzene rings is 3. The Bertz CT molecular complexity index is 1140. The van der Waals surface area contributed by atoms with Gasteiger partial charge in [-0.1, -0.05) is 54.2 Å². The smallest absolute Gasteiger partial charge is 0.227 e. The second kappa shape index (κ2) is 10.6. The normalized spacial score (nSPS) is 10.6. The van der Waals surface area contributed by atoms with Crippen molar-refractivity contribution in [3.05, 3.63) is 90.0 Å². The van der Waals surface area contributed by atoms with Gasteiger partial charge in [-0.25, -0.2) is 4.98 Å². The number of aromatic nitrogens is 3. The molecule has 4 rings (SSSR count).